The quantitative estimate of drug-likeness (QED) is 0.363. The van der Waals surface area contributed by atoms with Crippen LogP contribution >= 0.6 is 0 Å². The first-order valence-electron chi connectivity index (χ1n) is 14.4. The first-order chi connectivity index (χ1) is 19.9. The fraction of sp³-hybridized carbons (Fsp3) is 0.533. The van der Waals surface area contributed by atoms with Crippen molar-refractivity contribution in [3.05, 3.63) is 47.5 Å². The van der Waals surface area contributed by atoms with Crippen LogP contribution in [-0.4, -0.2) is 89.8 Å². The highest BCUT2D eigenvalue weighted by Crippen LogP contribution is 2.32. The summed E-state index contributed by atoms with van der Waals surface area (Å²) in [4.78, 5) is 28.6. The Hall–Kier alpha value is -3.90. The predicted octanol–water partition coefficient (Wildman–Crippen LogP) is 3.98. The Labute approximate surface area is 243 Å². The van der Waals surface area contributed by atoms with E-state index in [0.29, 0.717) is 33.2 Å². The van der Waals surface area contributed by atoms with E-state index >= 15 is 0 Å². The molecule has 0 unspecified atom stereocenters. The highest BCUT2D eigenvalue weighted by molar-refractivity contribution is 5.98. The van der Waals surface area contributed by atoms with Crippen molar-refractivity contribution in [2.45, 2.75) is 88.5 Å². The molecule has 224 valence electrons. The number of aromatic nitrogens is 4. The summed E-state index contributed by atoms with van der Waals surface area (Å²) in [6.07, 6.45) is 6.18. The second-order valence-corrected chi connectivity index (χ2v) is 12.2. The second kappa shape index (κ2) is 11.8. The van der Waals surface area contributed by atoms with Crippen LogP contribution in [0.2, 0.25) is 0 Å². The Balaban J connectivity index is 0.000000168. The van der Waals surface area contributed by atoms with Gasteiger partial charge in [0.05, 0.1) is 11.2 Å². The van der Waals surface area contributed by atoms with Gasteiger partial charge in [-0.25, -0.2) is 9.26 Å². The third-order valence-electron chi connectivity index (χ3n) is 8.80. The van der Waals surface area contributed by atoms with Crippen molar-refractivity contribution >= 4 is 33.9 Å². The minimum atomic E-state index is -0.592. The third-order valence-corrected chi connectivity index (χ3v) is 8.80. The van der Waals surface area contributed by atoms with Crippen molar-refractivity contribution in [3.63, 3.8) is 0 Å². The molecule has 2 aromatic heterocycles. The highest BCUT2D eigenvalue weighted by Gasteiger charge is 2.33. The SMILES string of the molecule is CN(C(=O)c1ccc2nonc2c1)C1CCC(C)(O)CC1.CN(C(=O)c1ccc2nonc2c1)C1CCC(C)(O)CC1. The molecule has 2 saturated carbocycles. The van der Waals surface area contributed by atoms with E-state index in [0.717, 1.165) is 51.4 Å². The molecule has 2 aliphatic carbocycles. The monoisotopic (exact) mass is 578 g/mol. The number of aliphatic hydroxyl groups is 2. The molecule has 6 rings (SSSR count). The molecule has 42 heavy (non-hydrogen) atoms. The molecular weight excluding hydrogens is 540 g/mol. The van der Waals surface area contributed by atoms with Crippen molar-refractivity contribution in [2.24, 2.45) is 0 Å². The second-order valence-electron chi connectivity index (χ2n) is 12.2. The average Bonchev–Trinajstić information content (AvgIpc) is 3.65. The molecule has 2 heterocycles. The van der Waals surface area contributed by atoms with E-state index in [9.17, 15) is 19.8 Å². The van der Waals surface area contributed by atoms with Crippen LogP contribution in [0.15, 0.2) is 45.7 Å². The molecule has 2 fully saturated rings. The van der Waals surface area contributed by atoms with Crippen LogP contribution in [0.5, 0.6) is 0 Å². The lowest BCUT2D eigenvalue weighted by atomic mass is 9.83. The number of benzene rings is 2. The van der Waals surface area contributed by atoms with E-state index in [4.69, 9.17) is 0 Å². The molecule has 0 bridgehead atoms. The Morgan fingerprint density at radius 1 is 0.667 bits per heavy atom. The topological polar surface area (TPSA) is 159 Å². The molecule has 4 aromatic rings. The molecule has 0 saturated heterocycles. The number of rotatable bonds is 4. The summed E-state index contributed by atoms with van der Waals surface area (Å²) in [7, 11) is 3.64. The zero-order valence-electron chi connectivity index (χ0n) is 24.5. The number of amides is 2. The lowest BCUT2D eigenvalue weighted by Gasteiger charge is -2.37. The maximum absolute atomic E-state index is 12.6. The highest BCUT2D eigenvalue weighted by atomic mass is 16.6. The number of nitrogens with zero attached hydrogens (tertiary/aromatic N) is 6. The van der Waals surface area contributed by atoms with Crippen molar-refractivity contribution < 1.29 is 29.1 Å². The van der Waals surface area contributed by atoms with Crippen LogP contribution in [0, 0.1) is 0 Å². The molecule has 0 atom stereocenters. The minimum absolute atomic E-state index is 0.0357. The minimum Gasteiger partial charge on any atom is -0.390 e. The van der Waals surface area contributed by atoms with Crippen molar-refractivity contribution in [2.75, 3.05) is 14.1 Å². The van der Waals surface area contributed by atoms with Crippen LogP contribution in [0.4, 0.5) is 0 Å². The smallest absolute Gasteiger partial charge is 0.253 e. The molecular formula is C30H38N6O6. The summed E-state index contributed by atoms with van der Waals surface area (Å²) in [6, 6.07) is 10.7. The molecule has 2 aliphatic rings. The summed E-state index contributed by atoms with van der Waals surface area (Å²) in [5.74, 6) is -0.0714. The van der Waals surface area contributed by atoms with Gasteiger partial charge in [-0.3, -0.25) is 9.59 Å². The third kappa shape index (κ3) is 6.60. The number of hydrogen-bond donors (Lipinski definition) is 2. The van der Waals surface area contributed by atoms with Gasteiger partial charge in [-0.1, -0.05) is 0 Å². The molecule has 0 radical (unpaired) electrons. The largest absolute Gasteiger partial charge is 0.390 e. The van der Waals surface area contributed by atoms with Crippen LogP contribution in [-0.2, 0) is 0 Å². The molecule has 0 aliphatic heterocycles. The van der Waals surface area contributed by atoms with E-state index in [2.05, 4.69) is 29.9 Å². The molecule has 2 aromatic carbocycles. The fourth-order valence-corrected chi connectivity index (χ4v) is 5.79. The molecule has 12 nitrogen and oxygen atoms in total. The van der Waals surface area contributed by atoms with Gasteiger partial charge in [0, 0.05) is 37.3 Å². The van der Waals surface area contributed by atoms with Gasteiger partial charge in [0.25, 0.3) is 11.8 Å². The van der Waals surface area contributed by atoms with E-state index in [1.807, 2.05) is 27.9 Å². The Morgan fingerprint density at radius 3 is 1.36 bits per heavy atom. The normalized spacial score (nSPS) is 26.0. The Morgan fingerprint density at radius 2 is 1.00 bits per heavy atom. The zero-order chi connectivity index (χ0) is 30.1. The van der Waals surface area contributed by atoms with Gasteiger partial charge in [0.1, 0.15) is 22.1 Å². The maximum Gasteiger partial charge on any atom is 0.253 e. The van der Waals surface area contributed by atoms with Crippen LogP contribution < -0.4 is 0 Å². The van der Waals surface area contributed by atoms with E-state index in [-0.39, 0.29) is 23.9 Å². The summed E-state index contributed by atoms with van der Waals surface area (Å²) in [6.45, 7) is 3.72. The molecule has 2 amide bonds. The number of hydrogen-bond acceptors (Lipinski definition) is 10. The lowest BCUT2D eigenvalue weighted by Crippen LogP contribution is -2.43. The Kier molecular flexibility index (Phi) is 8.29. The first kappa shape index (κ1) is 29.6. The summed E-state index contributed by atoms with van der Waals surface area (Å²) in [5, 5.41) is 35.0. The summed E-state index contributed by atoms with van der Waals surface area (Å²) < 4.78 is 9.29. The van der Waals surface area contributed by atoms with E-state index < -0.39 is 11.2 Å². The Bertz CT molecular complexity index is 1430. The van der Waals surface area contributed by atoms with Crippen LogP contribution in [0.25, 0.3) is 22.1 Å². The maximum atomic E-state index is 12.6. The lowest BCUT2D eigenvalue weighted by molar-refractivity contribution is -0.000318. The van der Waals surface area contributed by atoms with Gasteiger partial charge in [0.15, 0.2) is 0 Å². The van der Waals surface area contributed by atoms with Crippen LogP contribution in [0.3, 0.4) is 0 Å². The van der Waals surface area contributed by atoms with E-state index in [1.54, 1.807) is 46.2 Å². The van der Waals surface area contributed by atoms with Crippen molar-refractivity contribution in [1.82, 2.24) is 30.4 Å². The van der Waals surface area contributed by atoms with Gasteiger partial charge in [0.2, 0.25) is 0 Å². The number of carbonyl (C=O) groups is 2. The van der Waals surface area contributed by atoms with Gasteiger partial charge < -0.3 is 20.0 Å². The standard InChI is InChI=1S/2C15H19N3O3/c2*1-15(20)7-5-11(6-8-15)18(2)14(19)10-3-4-12-13(9-10)17-21-16-12/h2*3-4,9,11,20H,5-8H2,1-2H3. The van der Waals surface area contributed by atoms with Gasteiger partial charge >= 0.3 is 0 Å². The number of fused-ring (bicyclic) bond motifs is 2. The average molecular weight is 579 g/mol. The van der Waals surface area contributed by atoms with Gasteiger partial charge in [-0.15, -0.1) is 0 Å². The molecule has 0 spiro atoms. The van der Waals surface area contributed by atoms with Crippen LogP contribution in [0.1, 0.15) is 85.9 Å². The van der Waals surface area contributed by atoms with Crippen molar-refractivity contribution in [1.29, 1.82) is 0 Å². The van der Waals surface area contributed by atoms with E-state index in [1.165, 1.54) is 0 Å². The van der Waals surface area contributed by atoms with Crippen molar-refractivity contribution in [3.8, 4) is 0 Å². The predicted molar refractivity (Wildman–Crippen MR) is 154 cm³/mol. The molecule has 2 N–H and O–H groups in total. The molecule has 12 heteroatoms. The zero-order valence-corrected chi connectivity index (χ0v) is 24.5. The van der Waals surface area contributed by atoms with Gasteiger partial charge in [-0.05, 0) is 122 Å². The fourth-order valence-electron chi connectivity index (χ4n) is 5.79. The first-order valence-corrected chi connectivity index (χ1v) is 14.4. The number of carbonyl (C=O) groups excluding carboxylic acids is 2. The van der Waals surface area contributed by atoms with Gasteiger partial charge in [-0.2, -0.15) is 0 Å². The summed E-state index contributed by atoms with van der Waals surface area (Å²) in [5.41, 5.74) is 2.43. The summed E-state index contributed by atoms with van der Waals surface area (Å²) >= 11 is 0.